The molecule has 0 saturated heterocycles. The summed E-state index contributed by atoms with van der Waals surface area (Å²) in [4.78, 5) is 0. The normalized spacial score (nSPS) is 10.7. The van der Waals surface area contributed by atoms with E-state index in [0.29, 0.717) is 21.4 Å². The first-order valence-corrected chi connectivity index (χ1v) is 4.15. The van der Waals surface area contributed by atoms with Crippen LogP contribution < -0.4 is 4.74 Å². The standard InChI is InChI=1S/C8H7Cl2NO2/c1-13-8-6(9)2-5(4-11-12)3-7(8)10/h2-4,12H,1H3. The van der Waals surface area contributed by atoms with Crippen molar-refractivity contribution < 1.29 is 9.94 Å². The van der Waals surface area contributed by atoms with Gasteiger partial charge in [0.2, 0.25) is 0 Å². The summed E-state index contributed by atoms with van der Waals surface area (Å²) in [6, 6.07) is 3.18. The van der Waals surface area contributed by atoms with Crippen molar-refractivity contribution >= 4 is 29.4 Å². The van der Waals surface area contributed by atoms with E-state index in [2.05, 4.69) is 5.16 Å². The highest BCUT2D eigenvalue weighted by atomic mass is 35.5. The van der Waals surface area contributed by atoms with E-state index in [0.717, 1.165) is 0 Å². The van der Waals surface area contributed by atoms with Crippen LogP contribution in [0.1, 0.15) is 5.56 Å². The smallest absolute Gasteiger partial charge is 0.156 e. The molecule has 0 bridgehead atoms. The van der Waals surface area contributed by atoms with Crippen molar-refractivity contribution in [1.82, 2.24) is 0 Å². The first-order valence-electron chi connectivity index (χ1n) is 3.39. The molecule has 0 atom stereocenters. The number of halogens is 2. The molecule has 3 nitrogen and oxygen atoms in total. The fraction of sp³-hybridized carbons (Fsp3) is 0.125. The van der Waals surface area contributed by atoms with Crippen LogP contribution >= 0.6 is 23.2 Å². The van der Waals surface area contributed by atoms with E-state index in [-0.39, 0.29) is 0 Å². The lowest BCUT2D eigenvalue weighted by atomic mass is 10.2. The molecule has 0 aliphatic carbocycles. The Morgan fingerprint density at radius 1 is 1.38 bits per heavy atom. The Labute approximate surface area is 85.5 Å². The topological polar surface area (TPSA) is 41.8 Å². The third-order valence-electron chi connectivity index (χ3n) is 1.43. The van der Waals surface area contributed by atoms with Crippen molar-refractivity contribution in [3.05, 3.63) is 27.7 Å². The first kappa shape index (κ1) is 10.2. The van der Waals surface area contributed by atoms with Crippen LogP contribution in [-0.4, -0.2) is 18.5 Å². The summed E-state index contributed by atoms with van der Waals surface area (Å²) in [5, 5.41) is 11.9. The summed E-state index contributed by atoms with van der Waals surface area (Å²) < 4.78 is 4.94. The minimum Gasteiger partial charge on any atom is -0.494 e. The van der Waals surface area contributed by atoms with Gasteiger partial charge in [0.25, 0.3) is 0 Å². The maximum Gasteiger partial charge on any atom is 0.156 e. The van der Waals surface area contributed by atoms with Crippen LogP contribution in [0.3, 0.4) is 0 Å². The number of benzene rings is 1. The molecule has 70 valence electrons. The lowest BCUT2D eigenvalue weighted by Crippen LogP contribution is -1.88. The molecule has 0 aliphatic heterocycles. The minimum atomic E-state index is 0.380. The van der Waals surface area contributed by atoms with Crippen LogP contribution in [0.15, 0.2) is 17.3 Å². The van der Waals surface area contributed by atoms with E-state index in [1.54, 1.807) is 12.1 Å². The lowest BCUT2D eigenvalue weighted by molar-refractivity contribution is 0.322. The van der Waals surface area contributed by atoms with Gasteiger partial charge in [-0.25, -0.2) is 0 Å². The van der Waals surface area contributed by atoms with Crippen molar-refractivity contribution in [1.29, 1.82) is 0 Å². The van der Waals surface area contributed by atoms with Gasteiger partial charge in [0.15, 0.2) is 5.75 Å². The summed E-state index contributed by atoms with van der Waals surface area (Å²) in [6.45, 7) is 0. The van der Waals surface area contributed by atoms with Crippen molar-refractivity contribution in [2.75, 3.05) is 7.11 Å². The Hall–Kier alpha value is -0.930. The molecule has 0 radical (unpaired) electrons. The highest BCUT2D eigenvalue weighted by Crippen LogP contribution is 2.33. The summed E-state index contributed by atoms with van der Waals surface area (Å²) in [7, 11) is 1.48. The van der Waals surface area contributed by atoms with Crippen LogP contribution in [0.2, 0.25) is 10.0 Å². The van der Waals surface area contributed by atoms with Gasteiger partial charge in [-0.2, -0.15) is 0 Å². The second-order valence-corrected chi connectivity index (χ2v) is 3.08. The van der Waals surface area contributed by atoms with Gasteiger partial charge in [0, 0.05) is 0 Å². The van der Waals surface area contributed by atoms with Gasteiger partial charge in [-0.3, -0.25) is 0 Å². The zero-order chi connectivity index (χ0) is 9.84. The lowest BCUT2D eigenvalue weighted by Gasteiger charge is -2.05. The predicted octanol–water partition coefficient (Wildman–Crippen LogP) is 2.81. The van der Waals surface area contributed by atoms with Gasteiger partial charge in [0.1, 0.15) is 0 Å². The van der Waals surface area contributed by atoms with Crippen molar-refractivity contribution in [3.63, 3.8) is 0 Å². The second-order valence-electron chi connectivity index (χ2n) is 2.26. The highest BCUT2D eigenvalue weighted by molar-refractivity contribution is 6.37. The van der Waals surface area contributed by atoms with Gasteiger partial charge < -0.3 is 9.94 Å². The maximum absolute atomic E-state index is 8.28. The van der Waals surface area contributed by atoms with E-state index in [4.69, 9.17) is 33.1 Å². The average molecular weight is 220 g/mol. The Kier molecular flexibility index (Phi) is 3.39. The molecule has 0 saturated carbocycles. The molecule has 1 rings (SSSR count). The fourth-order valence-corrected chi connectivity index (χ4v) is 1.57. The molecule has 0 aliphatic rings. The Morgan fingerprint density at radius 3 is 2.31 bits per heavy atom. The van der Waals surface area contributed by atoms with Crippen LogP contribution in [-0.2, 0) is 0 Å². The molecule has 0 heterocycles. The maximum atomic E-state index is 8.28. The van der Waals surface area contributed by atoms with E-state index >= 15 is 0 Å². The SMILES string of the molecule is COc1c(Cl)cc(C=NO)cc1Cl. The quantitative estimate of drug-likeness (QED) is 0.473. The van der Waals surface area contributed by atoms with Crippen molar-refractivity contribution in [2.45, 2.75) is 0 Å². The molecule has 1 N–H and O–H groups in total. The zero-order valence-electron chi connectivity index (χ0n) is 6.79. The molecule has 1 aromatic carbocycles. The average Bonchev–Trinajstić information content (AvgIpc) is 2.04. The number of nitrogens with zero attached hydrogens (tertiary/aromatic N) is 1. The number of hydrogen-bond acceptors (Lipinski definition) is 3. The third kappa shape index (κ3) is 2.26. The summed E-state index contributed by atoms with van der Waals surface area (Å²) in [5.74, 6) is 0.415. The van der Waals surface area contributed by atoms with E-state index in [9.17, 15) is 0 Å². The molecule has 5 heteroatoms. The third-order valence-corrected chi connectivity index (χ3v) is 1.99. The van der Waals surface area contributed by atoms with Crippen LogP contribution in [0.4, 0.5) is 0 Å². The number of hydrogen-bond donors (Lipinski definition) is 1. The van der Waals surface area contributed by atoms with E-state index in [1.165, 1.54) is 13.3 Å². The number of methoxy groups -OCH3 is 1. The molecule has 0 aromatic heterocycles. The summed E-state index contributed by atoms with van der Waals surface area (Å²) in [6.07, 6.45) is 1.23. The number of ether oxygens (including phenoxy) is 1. The van der Waals surface area contributed by atoms with Gasteiger partial charge >= 0.3 is 0 Å². The largest absolute Gasteiger partial charge is 0.494 e. The molecule has 0 spiro atoms. The summed E-state index contributed by atoms with van der Waals surface area (Å²) >= 11 is 11.6. The van der Waals surface area contributed by atoms with Crippen molar-refractivity contribution in [2.24, 2.45) is 5.16 Å². The van der Waals surface area contributed by atoms with Crippen LogP contribution in [0.25, 0.3) is 0 Å². The monoisotopic (exact) mass is 219 g/mol. The summed E-state index contributed by atoms with van der Waals surface area (Å²) in [5.41, 5.74) is 0.610. The van der Waals surface area contributed by atoms with Crippen LogP contribution in [0, 0.1) is 0 Å². The Morgan fingerprint density at radius 2 is 1.92 bits per heavy atom. The van der Waals surface area contributed by atoms with Gasteiger partial charge in [-0.1, -0.05) is 28.4 Å². The molecular weight excluding hydrogens is 213 g/mol. The van der Waals surface area contributed by atoms with Gasteiger partial charge in [-0.05, 0) is 17.7 Å². The number of rotatable bonds is 2. The molecular formula is C8H7Cl2NO2. The molecule has 0 unspecified atom stereocenters. The Bertz CT molecular complexity index is 316. The molecule has 1 aromatic rings. The molecule has 0 fully saturated rings. The molecule has 13 heavy (non-hydrogen) atoms. The van der Waals surface area contributed by atoms with Gasteiger partial charge in [0.05, 0.1) is 23.4 Å². The molecule has 0 amide bonds. The first-order chi connectivity index (χ1) is 6.19. The minimum absolute atomic E-state index is 0.380. The van der Waals surface area contributed by atoms with Crippen LogP contribution in [0.5, 0.6) is 5.75 Å². The Balaban J connectivity index is 3.20. The van der Waals surface area contributed by atoms with E-state index in [1.807, 2.05) is 0 Å². The zero-order valence-corrected chi connectivity index (χ0v) is 8.30. The number of oxime groups is 1. The predicted molar refractivity (Wildman–Crippen MR) is 52.4 cm³/mol. The van der Waals surface area contributed by atoms with Crippen molar-refractivity contribution in [3.8, 4) is 5.75 Å². The van der Waals surface area contributed by atoms with E-state index < -0.39 is 0 Å². The fourth-order valence-electron chi connectivity index (χ4n) is 0.916. The van der Waals surface area contributed by atoms with Gasteiger partial charge in [-0.15, -0.1) is 0 Å². The highest BCUT2D eigenvalue weighted by Gasteiger charge is 2.07. The second kappa shape index (κ2) is 4.35.